The van der Waals surface area contributed by atoms with E-state index in [1.165, 1.54) is 6.42 Å². The zero-order valence-electron chi connectivity index (χ0n) is 16.1. The maximum absolute atomic E-state index is 12.8. The summed E-state index contributed by atoms with van der Waals surface area (Å²) in [6.07, 6.45) is 6.30. The second-order valence-electron chi connectivity index (χ2n) is 8.22. The first kappa shape index (κ1) is 18.1. The molecular weight excluding hydrogens is 338 g/mol. The molecule has 0 saturated carbocycles. The summed E-state index contributed by atoms with van der Waals surface area (Å²) in [5, 5.41) is 1.12. The summed E-state index contributed by atoms with van der Waals surface area (Å²) in [5.41, 5.74) is 2.12. The van der Waals surface area contributed by atoms with Crippen molar-refractivity contribution in [3.05, 3.63) is 36.0 Å². The van der Waals surface area contributed by atoms with Crippen LogP contribution in [-0.4, -0.2) is 52.8 Å². The number of aromatic amines is 1. The molecule has 2 aromatic rings. The summed E-state index contributed by atoms with van der Waals surface area (Å²) < 4.78 is 0. The highest BCUT2D eigenvalue weighted by Gasteiger charge is 2.31. The lowest BCUT2D eigenvalue weighted by Crippen LogP contribution is -2.47. The summed E-state index contributed by atoms with van der Waals surface area (Å²) >= 11 is 0. The van der Waals surface area contributed by atoms with E-state index < -0.39 is 0 Å². The minimum Gasteiger partial charge on any atom is -0.361 e. The van der Waals surface area contributed by atoms with Crippen molar-refractivity contribution in [2.45, 2.75) is 39.0 Å². The summed E-state index contributed by atoms with van der Waals surface area (Å²) in [4.78, 5) is 32.8. The van der Waals surface area contributed by atoms with Crippen LogP contribution in [-0.2, 0) is 16.0 Å². The summed E-state index contributed by atoms with van der Waals surface area (Å²) in [6.45, 7) is 5.43. The van der Waals surface area contributed by atoms with E-state index in [-0.39, 0.29) is 11.8 Å². The number of hydrogen-bond donors (Lipinski definition) is 1. The van der Waals surface area contributed by atoms with Crippen molar-refractivity contribution in [1.82, 2.24) is 14.8 Å². The van der Waals surface area contributed by atoms with Gasteiger partial charge in [0.2, 0.25) is 11.8 Å². The Hall–Kier alpha value is -2.30. The molecule has 2 aliphatic rings. The van der Waals surface area contributed by atoms with E-state index in [9.17, 15) is 9.59 Å². The van der Waals surface area contributed by atoms with Crippen molar-refractivity contribution in [3.8, 4) is 0 Å². The van der Waals surface area contributed by atoms with E-state index in [0.717, 1.165) is 48.8 Å². The number of carbonyl (C=O) groups excluding carboxylic acids is 2. The van der Waals surface area contributed by atoms with E-state index >= 15 is 0 Å². The largest absolute Gasteiger partial charge is 0.361 e. The molecule has 1 N–H and O–H groups in total. The number of aromatic nitrogens is 1. The smallest absolute Gasteiger partial charge is 0.227 e. The quantitative estimate of drug-likeness (QED) is 0.906. The van der Waals surface area contributed by atoms with Gasteiger partial charge >= 0.3 is 0 Å². The number of fused-ring (bicyclic) bond motifs is 1. The highest BCUT2D eigenvalue weighted by atomic mass is 16.2. The van der Waals surface area contributed by atoms with E-state index in [1.54, 1.807) is 0 Å². The third-order valence-corrected chi connectivity index (χ3v) is 6.18. The van der Waals surface area contributed by atoms with Crippen LogP contribution in [0.25, 0.3) is 10.9 Å². The van der Waals surface area contributed by atoms with Gasteiger partial charge in [-0.3, -0.25) is 9.59 Å². The SMILES string of the molecule is CC1CCCN(C(=O)C2CCN(C(=O)Cc3c[nH]c4ccccc34)CC2)C1. The molecule has 1 aromatic carbocycles. The molecule has 0 spiro atoms. The number of nitrogens with zero attached hydrogens (tertiary/aromatic N) is 2. The number of carbonyl (C=O) groups is 2. The lowest BCUT2D eigenvalue weighted by atomic mass is 9.92. The molecule has 2 aliphatic heterocycles. The van der Waals surface area contributed by atoms with Gasteiger partial charge in [-0.1, -0.05) is 25.1 Å². The highest BCUT2D eigenvalue weighted by molar-refractivity contribution is 5.89. The van der Waals surface area contributed by atoms with E-state index in [0.29, 0.717) is 31.3 Å². The molecule has 0 radical (unpaired) electrons. The Labute approximate surface area is 160 Å². The number of benzene rings is 1. The first-order chi connectivity index (χ1) is 13.1. The number of amides is 2. The Balaban J connectivity index is 1.32. The molecule has 5 nitrogen and oxygen atoms in total. The van der Waals surface area contributed by atoms with Gasteiger partial charge < -0.3 is 14.8 Å². The van der Waals surface area contributed by atoms with Crippen LogP contribution >= 0.6 is 0 Å². The van der Waals surface area contributed by atoms with Gasteiger partial charge in [0.25, 0.3) is 0 Å². The molecule has 2 saturated heterocycles. The number of likely N-dealkylation sites (tertiary alicyclic amines) is 2. The van der Waals surface area contributed by atoms with Crippen LogP contribution in [0.5, 0.6) is 0 Å². The van der Waals surface area contributed by atoms with Crippen molar-refractivity contribution in [1.29, 1.82) is 0 Å². The number of nitrogens with one attached hydrogen (secondary N) is 1. The minimum absolute atomic E-state index is 0.0902. The lowest BCUT2D eigenvalue weighted by Gasteiger charge is -2.37. The van der Waals surface area contributed by atoms with Crippen molar-refractivity contribution < 1.29 is 9.59 Å². The molecule has 3 heterocycles. The Morgan fingerprint density at radius 1 is 1.07 bits per heavy atom. The number of rotatable bonds is 3. The van der Waals surface area contributed by atoms with Crippen molar-refractivity contribution in [2.75, 3.05) is 26.2 Å². The fourth-order valence-corrected chi connectivity index (χ4v) is 4.58. The summed E-state index contributed by atoms with van der Waals surface area (Å²) in [5.74, 6) is 1.18. The van der Waals surface area contributed by atoms with Gasteiger partial charge in [-0.25, -0.2) is 0 Å². The topological polar surface area (TPSA) is 56.4 Å². The van der Waals surface area contributed by atoms with Crippen LogP contribution in [0.2, 0.25) is 0 Å². The maximum Gasteiger partial charge on any atom is 0.227 e. The van der Waals surface area contributed by atoms with Gasteiger partial charge in [0.1, 0.15) is 0 Å². The number of H-pyrrole nitrogens is 1. The second kappa shape index (κ2) is 7.75. The van der Waals surface area contributed by atoms with Gasteiger partial charge in [0.05, 0.1) is 6.42 Å². The number of piperidine rings is 2. The number of para-hydroxylation sites is 1. The molecule has 1 unspecified atom stereocenters. The summed E-state index contributed by atoms with van der Waals surface area (Å²) in [6, 6.07) is 8.08. The van der Waals surface area contributed by atoms with Crippen LogP contribution in [0, 0.1) is 11.8 Å². The average molecular weight is 367 g/mol. The first-order valence-corrected chi connectivity index (χ1v) is 10.2. The van der Waals surface area contributed by atoms with Gasteiger partial charge in [-0.05, 0) is 43.2 Å². The van der Waals surface area contributed by atoms with E-state index in [2.05, 4.69) is 22.9 Å². The third kappa shape index (κ3) is 3.87. The molecule has 144 valence electrons. The maximum atomic E-state index is 12.8. The first-order valence-electron chi connectivity index (χ1n) is 10.2. The zero-order valence-corrected chi connectivity index (χ0v) is 16.1. The van der Waals surface area contributed by atoms with Crippen LogP contribution in [0.3, 0.4) is 0 Å². The molecular formula is C22H29N3O2. The van der Waals surface area contributed by atoms with Crippen molar-refractivity contribution >= 4 is 22.7 Å². The molecule has 5 heteroatoms. The van der Waals surface area contributed by atoms with E-state index in [4.69, 9.17) is 0 Å². The Kier molecular flexibility index (Phi) is 5.19. The van der Waals surface area contributed by atoms with Gasteiger partial charge in [-0.15, -0.1) is 0 Å². The van der Waals surface area contributed by atoms with Crippen molar-refractivity contribution in [3.63, 3.8) is 0 Å². The third-order valence-electron chi connectivity index (χ3n) is 6.18. The Morgan fingerprint density at radius 3 is 2.63 bits per heavy atom. The molecule has 0 bridgehead atoms. The molecule has 2 fully saturated rings. The molecule has 4 rings (SSSR count). The minimum atomic E-state index is 0.0902. The molecule has 2 amide bonds. The van der Waals surface area contributed by atoms with E-state index in [1.807, 2.05) is 29.3 Å². The summed E-state index contributed by atoms with van der Waals surface area (Å²) in [7, 11) is 0. The zero-order chi connectivity index (χ0) is 18.8. The monoisotopic (exact) mass is 367 g/mol. The normalized spacial score (nSPS) is 21.6. The Bertz CT molecular complexity index is 820. The van der Waals surface area contributed by atoms with Crippen LogP contribution in [0.1, 0.15) is 38.2 Å². The molecule has 1 atom stereocenters. The van der Waals surface area contributed by atoms with Crippen molar-refractivity contribution in [2.24, 2.45) is 11.8 Å². The molecule has 1 aromatic heterocycles. The fraction of sp³-hybridized carbons (Fsp3) is 0.545. The van der Waals surface area contributed by atoms with Crippen LogP contribution in [0.4, 0.5) is 0 Å². The second-order valence-corrected chi connectivity index (χ2v) is 8.22. The van der Waals surface area contributed by atoms with Crippen LogP contribution in [0.15, 0.2) is 30.5 Å². The van der Waals surface area contributed by atoms with Gasteiger partial charge in [0.15, 0.2) is 0 Å². The molecule has 0 aliphatic carbocycles. The standard InChI is InChI=1S/C22H29N3O2/c1-16-5-4-10-25(15-16)22(27)17-8-11-24(12-9-17)21(26)13-18-14-23-20-7-3-2-6-19(18)20/h2-3,6-7,14,16-17,23H,4-5,8-13,15H2,1H3. The highest BCUT2D eigenvalue weighted by Crippen LogP contribution is 2.25. The van der Waals surface area contributed by atoms with Gasteiger partial charge in [-0.2, -0.15) is 0 Å². The molecule has 27 heavy (non-hydrogen) atoms. The average Bonchev–Trinajstić information content (AvgIpc) is 3.10. The lowest BCUT2D eigenvalue weighted by molar-refractivity contribution is -0.141. The Morgan fingerprint density at radius 2 is 1.85 bits per heavy atom. The predicted octanol–water partition coefficient (Wildman–Crippen LogP) is 3.21. The fourth-order valence-electron chi connectivity index (χ4n) is 4.58. The predicted molar refractivity (Wildman–Crippen MR) is 106 cm³/mol. The number of hydrogen-bond acceptors (Lipinski definition) is 2. The van der Waals surface area contributed by atoms with Gasteiger partial charge in [0, 0.05) is 49.2 Å². The van der Waals surface area contributed by atoms with Crippen LogP contribution < -0.4 is 0 Å².